The molecule has 1 aromatic heterocycles. The number of aldehydes is 1. The zero-order valence-corrected chi connectivity index (χ0v) is 9.71. The van der Waals surface area contributed by atoms with Crippen LogP contribution in [0.3, 0.4) is 0 Å². The minimum atomic E-state index is 0.331. The smallest absolute Gasteiger partial charge is 0.170 e. The zero-order chi connectivity index (χ0) is 10.8. The van der Waals surface area contributed by atoms with E-state index in [2.05, 4.69) is 15.9 Å². The van der Waals surface area contributed by atoms with Crippen LogP contribution in [0.2, 0.25) is 0 Å². The number of rotatable bonds is 3. The monoisotopic (exact) mass is 268 g/mol. The first-order valence-corrected chi connectivity index (χ1v) is 5.23. The van der Waals surface area contributed by atoms with E-state index in [0.29, 0.717) is 16.8 Å². The van der Waals surface area contributed by atoms with Gasteiger partial charge in [-0.05, 0) is 34.1 Å². The van der Waals surface area contributed by atoms with E-state index in [4.69, 9.17) is 9.15 Å². The van der Waals surface area contributed by atoms with Crippen LogP contribution in [0.5, 0.6) is 5.75 Å². The molecule has 0 aliphatic rings. The number of fused-ring (bicyclic) bond motifs is 1. The molecule has 0 aliphatic heterocycles. The molecule has 0 radical (unpaired) electrons. The lowest BCUT2D eigenvalue weighted by atomic mass is 10.1. The number of benzene rings is 1. The van der Waals surface area contributed by atoms with Gasteiger partial charge in [0.1, 0.15) is 17.6 Å². The number of ether oxygens (including phenoxy) is 1. The summed E-state index contributed by atoms with van der Waals surface area (Å²) >= 11 is 3.26. The third kappa shape index (κ3) is 1.90. The largest absolute Gasteiger partial charge is 0.496 e. The van der Waals surface area contributed by atoms with Crippen molar-refractivity contribution in [2.24, 2.45) is 0 Å². The fourth-order valence-corrected chi connectivity index (χ4v) is 1.94. The Morgan fingerprint density at radius 3 is 2.93 bits per heavy atom. The fraction of sp³-hybridized carbons (Fsp3) is 0.182. The highest BCUT2D eigenvalue weighted by Gasteiger charge is 2.08. The van der Waals surface area contributed by atoms with Gasteiger partial charge in [0.15, 0.2) is 4.67 Å². The Labute approximate surface area is 95.1 Å². The van der Waals surface area contributed by atoms with Crippen molar-refractivity contribution in [3.05, 3.63) is 28.4 Å². The van der Waals surface area contributed by atoms with Crippen LogP contribution in [0.25, 0.3) is 11.0 Å². The average molecular weight is 269 g/mol. The number of methoxy groups -OCH3 is 1. The van der Waals surface area contributed by atoms with Gasteiger partial charge >= 0.3 is 0 Å². The summed E-state index contributed by atoms with van der Waals surface area (Å²) in [6.45, 7) is 0. The van der Waals surface area contributed by atoms with Crippen LogP contribution in [-0.2, 0) is 11.2 Å². The molecule has 3 nitrogen and oxygen atoms in total. The lowest BCUT2D eigenvalue weighted by molar-refractivity contribution is -0.107. The number of hydrogen-bond acceptors (Lipinski definition) is 3. The molecule has 0 spiro atoms. The van der Waals surface area contributed by atoms with E-state index in [1.165, 1.54) is 0 Å². The van der Waals surface area contributed by atoms with E-state index in [0.717, 1.165) is 22.8 Å². The molecule has 2 rings (SSSR count). The van der Waals surface area contributed by atoms with Crippen molar-refractivity contribution in [1.82, 2.24) is 0 Å². The van der Waals surface area contributed by atoms with Crippen molar-refractivity contribution in [2.75, 3.05) is 7.11 Å². The summed E-state index contributed by atoms with van der Waals surface area (Å²) in [6.07, 6.45) is 1.18. The van der Waals surface area contributed by atoms with E-state index in [1.54, 1.807) is 7.11 Å². The van der Waals surface area contributed by atoms with Gasteiger partial charge in [-0.2, -0.15) is 0 Å². The lowest BCUT2D eigenvalue weighted by Gasteiger charge is -2.05. The Bertz CT molecular complexity index is 502. The van der Waals surface area contributed by atoms with Crippen molar-refractivity contribution in [2.45, 2.75) is 6.42 Å². The molecule has 0 fully saturated rings. The number of hydrogen-bond donors (Lipinski definition) is 0. The molecule has 0 amide bonds. The van der Waals surface area contributed by atoms with Gasteiger partial charge in [0.25, 0.3) is 0 Å². The first kappa shape index (κ1) is 10.2. The van der Waals surface area contributed by atoms with Crippen LogP contribution >= 0.6 is 15.9 Å². The Balaban J connectivity index is 2.62. The summed E-state index contributed by atoms with van der Waals surface area (Å²) in [5.41, 5.74) is 1.58. The van der Waals surface area contributed by atoms with Crippen LogP contribution in [0.15, 0.2) is 27.3 Å². The topological polar surface area (TPSA) is 39.4 Å². The second-order valence-corrected chi connectivity index (χ2v) is 3.90. The first-order valence-electron chi connectivity index (χ1n) is 4.44. The Morgan fingerprint density at radius 1 is 1.47 bits per heavy atom. The van der Waals surface area contributed by atoms with Crippen LogP contribution in [0.1, 0.15) is 5.56 Å². The Morgan fingerprint density at radius 2 is 2.27 bits per heavy atom. The Hall–Kier alpha value is -1.29. The van der Waals surface area contributed by atoms with Crippen molar-refractivity contribution in [3.63, 3.8) is 0 Å². The van der Waals surface area contributed by atoms with Crippen LogP contribution < -0.4 is 4.74 Å². The molecule has 0 unspecified atom stereocenters. The maximum absolute atomic E-state index is 10.5. The summed E-state index contributed by atoms with van der Waals surface area (Å²) in [4.78, 5) is 10.5. The molecule has 78 valence electrons. The molecule has 1 aromatic carbocycles. The molecule has 1 heterocycles. The lowest BCUT2D eigenvalue weighted by Crippen LogP contribution is -1.92. The highest BCUT2D eigenvalue weighted by atomic mass is 79.9. The molecule has 4 heteroatoms. The summed E-state index contributed by atoms with van der Waals surface area (Å²) in [7, 11) is 1.59. The summed E-state index contributed by atoms with van der Waals surface area (Å²) in [5, 5.41) is 0.952. The predicted molar refractivity (Wildman–Crippen MR) is 60.2 cm³/mol. The summed E-state index contributed by atoms with van der Waals surface area (Å²) in [6, 6.07) is 5.55. The van der Waals surface area contributed by atoms with E-state index in [-0.39, 0.29) is 0 Å². The van der Waals surface area contributed by atoms with E-state index < -0.39 is 0 Å². The molecule has 0 atom stereocenters. The van der Waals surface area contributed by atoms with E-state index in [1.807, 2.05) is 18.2 Å². The van der Waals surface area contributed by atoms with Crippen molar-refractivity contribution in [1.29, 1.82) is 0 Å². The number of carbonyl (C=O) groups is 1. The fourth-order valence-electron chi connectivity index (χ4n) is 1.52. The second kappa shape index (κ2) is 4.06. The first-order chi connectivity index (χ1) is 7.24. The molecule has 0 aliphatic carbocycles. The van der Waals surface area contributed by atoms with Crippen molar-refractivity contribution in [3.8, 4) is 5.75 Å². The minimum Gasteiger partial charge on any atom is -0.496 e. The highest BCUT2D eigenvalue weighted by Crippen LogP contribution is 2.30. The van der Waals surface area contributed by atoms with Crippen molar-refractivity contribution < 1.29 is 13.9 Å². The standard InChI is InChI=1S/C11H9BrO3/c1-14-9-5-8-6-11(12)15-10(8)4-7(9)2-3-13/h3-6H,2H2,1H3. The molecule has 0 N–H and O–H groups in total. The molecular formula is C11H9BrO3. The second-order valence-electron chi connectivity index (χ2n) is 3.12. The Kier molecular flexibility index (Phi) is 2.77. The molecular weight excluding hydrogens is 260 g/mol. The third-order valence-corrected chi connectivity index (χ3v) is 2.58. The average Bonchev–Trinajstić information content (AvgIpc) is 2.56. The molecule has 0 saturated carbocycles. The maximum Gasteiger partial charge on any atom is 0.170 e. The van der Waals surface area contributed by atoms with Crippen LogP contribution in [0, 0.1) is 0 Å². The number of furan rings is 1. The normalized spacial score (nSPS) is 10.5. The predicted octanol–water partition coefficient (Wildman–Crippen LogP) is 2.95. The van der Waals surface area contributed by atoms with Gasteiger partial charge in [0.2, 0.25) is 0 Å². The van der Waals surface area contributed by atoms with Gasteiger partial charge in [0.05, 0.1) is 7.11 Å². The number of carbonyl (C=O) groups excluding carboxylic acids is 1. The molecule has 0 bridgehead atoms. The zero-order valence-electron chi connectivity index (χ0n) is 8.12. The van der Waals surface area contributed by atoms with E-state index >= 15 is 0 Å². The highest BCUT2D eigenvalue weighted by molar-refractivity contribution is 9.10. The maximum atomic E-state index is 10.5. The van der Waals surface area contributed by atoms with Crippen molar-refractivity contribution >= 4 is 33.2 Å². The SMILES string of the molecule is COc1cc2cc(Br)oc2cc1CC=O. The van der Waals surface area contributed by atoms with Gasteiger partial charge in [-0.15, -0.1) is 0 Å². The molecule has 2 aromatic rings. The summed E-state index contributed by atoms with van der Waals surface area (Å²) < 4.78 is 11.3. The van der Waals surface area contributed by atoms with Gasteiger partial charge < -0.3 is 13.9 Å². The summed E-state index contributed by atoms with van der Waals surface area (Å²) in [5.74, 6) is 0.711. The van der Waals surface area contributed by atoms with Crippen LogP contribution in [0.4, 0.5) is 0 Å². The van der Waals surface area contributed by atoms with Gasteiger partial charge in [-0.1, -0.05) is 0 Å². The van der Waals surface area contributed by atoms with Crippen LogP contribution in [-0.4, -0.2) is 13.4 Å². The van der Waals surface area contributed by atoms with Gasteiger partial charge in [-0.25, -0.2) is 0 Å². The van der Waals surface area contributed by atoms with E-state index in [9.17, 15) is 4.79 Å². The molecule has 15 heavy (non-hydrogen) atoms. The quantitative estimate of drug-likeness (QED) is 0.804. The number of halogens is 1. The van der Waals surface area contributed by atoms with Gasteiger partial charge in [-0.3, -0.25) is 0 Å². The molecule has 0 saturated heterocycles. The minimum absolute atomic E-state index is 0.331. The van der Waals surface area contributed by atoms with Gasteiger partial charge in [0, 0.05) is 17.4 Å². The third-order valence-electron chi connectivity index (χ3n) is 2.19.